The van der Waals surface area contributed by atoms with Gasteiger partial charge in [0.1, 0.15) is 12.1 Å². The maximum atomic E-state index is 13.7. The summed E-state index contributed by atoms with van der Waals surface area (Å²) in [7, 11) is -0.832. The van der Waals surface area contributed by atoms with Crippen molar-refractivity contribution < 1.29 is 9.59 Å². The van der Waals surface area contributed by atoms with E-state index in [1.165, 1.54) is 15.9 Å². The molecule has 0 aliphatic heterocycles. The Morgan fingerprint density at radius 2 is 1.33 bits per heavy atom. The van der Waals surface area contributed by atoms with Crippen molar-refractivity contribution in [2.45, 2.75) is 52.1 Å². The quantitative estimate of drug-likeness (QED) is 0.115. The van der Waals surface area contributed by atoms with Crippen molar-refractivity contribution in [3.8, 4) is 0 Å². The van der Waals surface area contributed by atoms with E-state index in [-0.39, 0.29) is 17.7 Å². The normalized spacial score (nSPS) is 12.8. The van der Waals surface area contributed by atoms with Gasteiger partial charge in [-0.05, 0) is 41.7 Å². The summed E-state index contributed by atoms with van der Waals surface area (Å²) in [6.45, 7) is 6.65. The molecule has 222 valence electrons. The molecule has 0 bridgehead atoms. The molecule has 2 unspecified atom stereocenters. The van der Waals surface area contributed by atoms with Crippen LogP contribution in [0, 0.1) is 5.92 Å². The number of carbonyl (C=O) groups excluding carboxylic acids is 2. The maximum absolute atomic E-state index is 13.7. The first kappa shape index (κ1) is 31.8. The minimum absolute atomic E-state index is 0.0614. The number of benzene rings is 4. The van der Waals surface area contributed by atoms with Crippen molar-refractivity contribution >= 4 is 41.9 Å². The number of nitrogens with zero attached hydrogens (tertiary/aromatic N) is 1. The molecular formula is C37H42N3O2P. The van der Waals surface area contributed by atoms with Crippen LogP contribution in [0.15, 0.2) is 120 Å². The van der Waals surface area contributed by atoms with E-state index in [1.807, 2.05) is 68.6 Å². The standard InChI is InChI=1S/C37H42N3O2P/c1-4-5-25-38-36(41)33(26-29-17-9-6-10-18-29)40-37(42)35(28(2)3)39-27-30-19-15-16-24-34(30)43(31-20-11-7-12-21-31)32-22-13-8-14-23-32/h6-24,27-28,33,35H,4-5,25-26H2,1-3H3,(H,38,41)(H,40,42)/b39-27+. The summed E-state index contributed by atoms with van der Waals surface area (Å²) >= 11 is 0. The molecule has 6 heteroatoms. The zero-order chi connectivity index (χ0) is 30.4. The average Bonchev–Trinajstić information content (AvgIpc) is 3.03. The topological polar surface area (TPSA) is 70.6 Å². The van der Waals surface area contributed by atoms with E-state index in [4.69, 9.17) is 4.99 Å². The summed E-state index contributed by atoms with van der Waals surface area (Å²) in [5, 5.41) is 9.72. The minimum atomic E-state index is -0.832. The highest BCUT2D eigenvalue weighted by molar-refractivity contribution is 7.80. The van der Waals surface area contributed by atoms with Crippen molar-refractivity contribution in [3.63, 3.8) is 0 Å². The second-order valence-corrected chi connectivity index (χ2v) is 13.1. The van der Waals surface area contributed by atoms with E-state index >= 15 is 0 Å². The van der Waals surface area contributed by atoms with Gasteiger partial charge in [-0.15, -0.1) is 0 Å². The van der Waals surface area contributed by atoms with Crippen LogP contribution in [-0.2, 0) is 16.0 Å². The zero-order valence-corrected chi connectivity index (χ0v) is 26.2. The summed E-state index contributed by atoms with van der Waals surface area (Å²) in [4.78, 5) is 31.7. The highest BCUT2D eigenvalue weighted by atomic mass is 31.1. The third kappa shape index (κ3) is 9.20. The Morgan fingerprint density at radius 1 is 0.767 bits per heavy atom. The van der Waals surface area contributed by atoms with Gasteiger partial charge in [-0.3, -0.25) is 14.6 Å². The highest BCUT2D eigenvalue weighted by Gasteiger charge is 2.27. The van der Waals surface area contributed by atoms with E-state index in [0.717, 1.165) is 24.0 Å². The van der Waals surface area contributed by atoms with Gasteiger partial charge in [-0.1, -0.05) is 142 Å². The van der Waals surface area contributed by atoms with E-state index in [2.05, 4.69) is 84.3 Å². The van der Waals surface area contributed by atoms with Crippen LogP contribution in [0.2, 0.25) is 0 Å². The summed E-state index contributed by atoms with van der Waals surface area (Å²) in [5.41, 5.74) is 1.98. The number of aliphatic imine (C=N–C) groups is 1. The molecule has 4 aromatic carbocycles. The number of hydrogen-bond acceptors (Lipinski definition) is 3. The molecule has 0 heterocycles. The van der Waals surface area contributed by atoms with Crippen molar-refractivity contribution in [1.82, 2.24) is 10.6 Å². The molecule has 0 radical (unpaired) electrons. The number of nitrogens with one attached hydrogen (secondary N) is 2. The number of rotatable bonds is 14. The number of carbonyl (C=O) groups is 2. The molecule has 2 amide bonds. The molecule has 4 rings (SSSR count). The predicted molar refractivity (Wildman–Crippen MR) is 181 cm³/mol. The fourth-order valence-electron chi connectivity index (χ4n) is 4.91. The average molecular weight is 592 g/mol. The van der Waals surface area contributed by atoms with Crippen molar-refractivity contribution in [2.75, 3.05) is 6.54 Å². The largest absolute Gasteiger partial charge is 0.354 e. The van der Waals surface area contributed by atoms with Gasteiger partial charge in [-0.25, -0.2) is 0 Å². The van der Waals surface area contributed by atoms with Gasteiger partial charge >= 0.3 is 0 Å². The van der Waals surface area contributed by atoms with Gasteiger partial charge in [0, 0.05) is 24.7 Å². The number of amides is 2. The maximum Gasteiger partial charge on any atom is 0.245 e. The van der Waals surface area contributed by atoms with Crippen LogP contribution in [0.25, 0.3) is 0 Å². The Hall–Kier alpha value is -4.08. The first-order valence-electron chi connectivity index (χ1n) is 15.1. The fourth-order valence-corrected chi connectivity index (χ4v) is 7.33. The number of hydrogen-bond donors (Lipinski definition) is 2. The van der Waals surface area contributed by atoms with Gasteiger partial charge in [0.2, 0.25) is 11.8 Å². The first-order valence-corrected chi connectivity index (χ1v) is 16.5. The Morgan fingerprint density at radius 3 is 1.91 bits per heavy atom. The van der Waals surface area contributed by atoms with Crippen LogP contribution >= 0.6 is 7.92 Å². The molecule has 0 aliphatic carbocycles. The minimum Gasteiger partial charge on any atom is -0.354 e. The third-order valence-electron chi connectivity index (χ3n) is 7.23. The van der Waals surface area contributed by atoms with E-state index < -0.39 is 20.0 Å². The third-order valence-corrected chi connectivity index (χ3v) is 9.74. The molecule has 4 aromatic rings. The SMILES string of the molecule is CCCCNC(=O)C(Cc1ccccc1)NC(=O)C(/N=C/c1ccccc1P(c1ccccc1)c1ccccc1)C(C)C. The molecule has 0 fully saturated rings. The van der Waals surface area contributed by atoms with E-state index in [0.29, 0.717) is 13.0 Å². The molecule has 2 atom stereocenters. The smallest absolute Gasteiger partial charge is 0.245 e. The van der Waals surface area contributed by atoms with Crippen LogP contribution in [0.5, 0.6) is 0 Å². The molecule has 2 N–H and O–H groups in total. The van der Waals surface area contributed by atoms with Crippen LogP contribution in [0.4, 0.5) is 0 Å². The molecule has 0 aromatic heterocycles. The van der Waals surface area contributed by atoms with Crippen LogP contribution in [0.3, 0.4) is 0 Å². The van der Waals surface area contributed by atoms with Crippen molar-refractivity contribution in [1.29, 1.82) is 0 Å². The predicted octanol–water partition coefficient (Wildman–Crippen LogP) is 5.53. The van der Waals surface area contributed by atoms with Gasteiger partial charge < -0.3 is 10.6 Å². The van der Waals surface area contributed by atoms with E-state index in [9.17, 15) is 9.59 Å². The zero-order valence-electron chi connectivity index (χ0n) is 25.3. The lowest BCUT2D eigenvalue weighted by molar-refractivity contribution is -0.130. The molecule has 0 saturated heterocycles. The molecule has 0 spiro atoms. The Labute approximate surface area is 257 Å². The summed E-state index contributed by atoms with van der Waals surface area (Å²) in [6.07, 6.45) is 4.14. The van der Waals surface area contributed by atoms with Gasteiger partial charge in [0.05, 0.1) is 0 Å². The fraction of sp³-hybridized carbons (Fsp3) is 0.270. The van der Waals surface area contributed by atoms with Crippen LogP contribution < -0.4 is 26.5 Å². The van der Waals surface area contributed by atoms with Crippen LogP contribution in [-0.4, -0.2) is 36.7 Å². The summed E-state index contributed by atoms with van der Waals surface area (Å²) in [5.74, 6) is -0.476. The lowest BCUT2D eigenvalue weighted by Crippen LogP contribution is -2.51. The van der Waals surface area contributed by atoms with E-state index in [1.54, 1.807) is 0 Å². The second-order valence-electron chi connectivity index (χ2n) is 10.9. The van der Waals surface area contributed by atoms with Gasteiger partial charge in [-0.2, -0.15) is 0 Å². The van der Waals surface area contributed by atoms with Crippen molar-refractivity contribution in [2.24, 2.45) is 10.9 Å². The molecular weight excluding hydrogens is 549 g/mol. The Balaban J connectivity index is 1.61. The van der Waals surface area contributed by atoms with Gasteiger partial charge in [0.15, 0.2) is 0 Å². The summed E-state index contributed by atoms with van der Waals surface area (Å²) in [6, 6.07) is 37.9. The van der Waals surface area contributed by atoms with Gasteiger partial charge in [0.25, 0.3) is 0 Å². The lowest BCUT2D eigenvalue weighted by Gasteiger charge is -2.23. The second kappa shape index (κ2) is 16.5. The van der Waals surface area contributed by atoms with Crippen LogP contribution in [0.1, 0.15) is 44.7 Å². The van der Waals surface area contributed by atoms with Crippen molar-refractivity contribution in [3.05, 3.63) is 126 Å². The molecule has 5 nitrogen and oxygen atoms in total. The highest BCUT2D eigenvalue weighted by Crippen LogP contribution is 2.33. The molecule has 0 aliphatic rings. The lowest BCUT2D eigenvalue weighted by atomic mass is 10.0. The Bertz CT molecular complexity index is 1420. The molecule has 0 saturated carbocycles. The monoisotopic (exact) mass is 591 g/mol. The Kier molecular flexibility index (Phi) is 12.2. The first-order chi connectivity index (χ1) is 21.0. The summed E-state index contributed by atoms with van der Waals surface area (Å²) < 4.78 is 0. The number of unbranched alkanes of at least 4 members (excludes halogenated alkanes) is 1. The molecule has 43 heavy (non-hydrogen) atoms.